The molecule has 3 saturated carbocycles. The van der Waals surface area contributed by atoms with Gasteiger partial charge in [-0.05, 0) is 80.2 Å². The van der Waals surface area contributed by atoms with Gasteiger partial charge in [0, 0.05) is 44.8 Å². The first-order chi connectivity index (χ1) is 21.4. The monoisotopic (exact) mass is 637 g/mol. The van der Waals surface area contributed by atoms with Crippen LogP contribution in [-0.4, -0.2) is 65.1 Å². The number of fused-ring (bicyclic) bond motifs is 7. The second-order valence-electron chi connectivity index (χ2n) is 13.4. The van der Waals surface area contributed by atoms with Crippen LogP contribution in [0.25, 0.3) is 0 Å². The standard InChI is InChI=1S/C35H37F2NO6S/c1-32-12-11-21(40)14-26(32)27(36)15-25-24-16-30-35(29(42)18-39,33(24,2)17-28(41)34(25,32)37)44-31(43-30)19-7-9-22(10-8-19)45-23-6-4-5-20(13-23)38-3/h4-14,24-25,27-28,30-31,38-39,41H,15-18H2,1-3H3/t24-,25-,27-,28-,30+,31+,32-,33-,34-,35+/m0/s1. The van der Waals surface area contributed by atoms with Crippen LogP contribution >= 0.6 is 11.8 Å². The van der Waals surface area contributed by atoms with Crippen molar-refractivity contribution in [1.82, 2.24) is 0 Å². The van der Waals surface area contributed by atoms with Crippen LogP contribution in [0.1, 0.15) is 45.0 Å². The number of nitrogens with one attached hydrogen (secondary N) is 1. The van der Waals surface area contributed by atoms with Crippen LogP contribution in [0.15, 0.2) is 82.1 Å². The van der Waals surface area contributed by atoms with E-state index in [0.29, 0.717) is 5.56 Å². The maximum Gasteiger partial charge on any atom is 0.193 e. The Morgan fingerprint density at radius 2 is 1.87 bits per heavy atom. The summed E-state index contributed by atoms with van der Waals surface area (Å²) in [6.45, 7) is 2.50. The molecule has 1 heterocycles. The fourth-order valence-electron chi connectivity index (χ4n) is 9.26. The fraction of sp³-hybridized carbons (Fsp3) is 0.486. The Morgan fingerprint density at radius 1 is 1.11 bits per heavy atom. The molecule has 0 aromatic heterocycles. The third kappa shape index (κ3) is 4.15. The van der Waals surface area contributed by atoms with Gasteiger partial charge in [0.2, 0.25) is 0 Å². The average molecular weight is 638 g/mol. The highest BCUT2D eigenvalue weighted by molar-refractivity contribution is 7.99. The van der Waals surface area contributed by atoms with Gasteiger partial charge in [0.25, 0.3) is 0 Å². The van der Waals surface area contributed by atoms with Crippen LogP contribution in [0.4, 0.5) is 14.5 Å². The Balaban J connectivity index is 1.20. The van der Waals surface area contributed by atoms with Crippen molar-refractivity contribution in [3.8, 4) is 0 Å². The van der Waals surface area contributed by atoms with Gasteiger partial charge in [-0.1, -0.05) is 43.0 Å². The van der Waals surface area contributed by atoms with Gasteiger partial charge in [-0.2, -0.15) is 0 Å². The van der Waals surface area contributed by atoms with Gasteiger partial charge in [0.1, 0.15) is 12.8 Å². The molecule has 4 fully saturated rings. The third-order valence-electron chi connectivity index (χ3n) is 11.4. The number of ether oxygens (including phenoxy) is 2. The number of halogens is 2. The average Bonchev–Trinajstić information content (AvgIpc) is 3.53. The number of benzene rings is 2. The molecule has 45 heavy (non-hydrogen) atoms. The summed E-state index contributed by atoms with van der Waals surface area (Å²) in [5, 5.41) is 25.0. The topological polar surface area (TPSA) is 105 Å². The van der Waals surface area contributed by atoms with Crippen molar-refractivity contribution >= 4 is 29.0 Å². The molecule has 10 heteroatoms. The lowest BCUT2D eigenvalue weighted by Gasteiger charge is -2.63. The summed E-state index contributed by atoms with van der Waals surface area (Å²) in [6, 6.07) is 15.7. The van der Waals surface area contributed by atoms with Crippen molar-refractivity contribution in [3.63, 3.8) is 0 Å². The molecule has 0 unspecified atom stereocenters. The molecule has 10 atom stereocenters. The van der Waals surface area contributed by atoms with E-state index in [1.807, 2.05) is 55.6 Å². The van der Waals surface area contributed by atoms with Crippen molar-refractivity contribution < 1.29 is 38.1 Å². The second-order valence-corrected chi connectivity index (χ2v) is 14.6. The Bertz CT molecular complexity index is 1620. The summed E-state index contributed by atoms with van der Waals surface area (Å²) in [7, 11) is 1.87. The zero-order valence-electron chi connectivity index (χ0n) is 25.3. The molecule has 7 rings (SSSR count). The Hall–Kier alpha value is -2.89. The molecule has 5 aliphatic rings. The lowest BCUT2D eigenvalue weighted by molar-refractivity contribution is -0.235. The number of carbonyl (C=O) groups excluding carboxylic acids is 2. The highest BCUT2D eigenvalue weighted by Crippen LogP contribution is 2.72. The van der Waals surface area contributed by atoms with Crippen molar-refractivity contribution in [3.05, 3.63) is 77.9 Å². The minimum atomic E-state index is -2.29. The van der Waals surface area contributed by atoms with Crippen molar-refractivity contribution in [2.75, 3.05) is 19.0 Å². The minimum absolute atomic E-state index is 0.0413. The van der Waals surface area contributed by atoms with Gasteiger partial charge in [0.15, 0.2) is 29.1 Å². The number of hydrogen-bond acceptors (Lipinski definition) is 8. The molecule has 0 amide bonds. The second kappa shape index (κ2) is 10.6. The first-order valence-corrected chi connectivity index (χ1v) is 16.2. The minimum Gasteiger partial charge on any atom is -0.390 e. The smallest absolute Gasteiger partial charge is 0.193 e. The van der Waals surface area contributed by atoms with Gasteiger partial charge < -0.3 is 25.0 Å². The number of ketones is 2. The number of aliphatic hydroxyl groups is 2. The predicted octanol–water partition coefficient (Wildman–Crippen LogP) is 5.52. The number of allylic oxidation sites excluding steroid dienone is 4. The maximum atomic E-state index is 17.6. The lowest BCUT2D eigenvalue weighted by Crippen LogP contribution is -2.70. The van der Waals surface area contributed by atoms with Gasteiger partial charge in [0.05, 0.1) is 12.2 Å². The predicted molar refractivity (Wildman–Crippen MR) is 164 cm³/mol. The van der Waals surface area contributed by atoms with Crippen LogP contribution in [0.5, 0.6) is 0 Å². The molecule has 7 nitrogen and oxygen atoms in total. The van der Waals surface area contributed by atoms with Crippen molar-refractivity contribution in [1.29, 1.82) is 0 Å². The van der Waals surface area contributed by atoms with Crippen LogP contribution in [0.2, 0.25) is 0 Å². The largest absolute Gasteiger partial charge is 0.390 e. The Morgan fingerprint density at radius 3 is 2.58 bits per heavy atom. The first-order valence-electron chi connectivity index (χ1n) is 15.4. The number of alkyl halides is 2. The van der Waals surface area contributed by atoms with E-state index < -0.39 is 76.8 Å². The molecular formula is C35H37F2NO6S. The number of aliphatic hydroxyl groups excluding tert-OH is 2. The van der Waals surface area contributed by atoms with E-state index in [4.69, 9.17) is 9.47 Å². The fourth-order valence-corrected chi connectivity index (χ4v) is 10.1. The van der Waals surface area contributed by atoms with E-state index >= 15 is 8.78 Å². The van der Waals surface area contributed by atoms with Gasteiger partial charge >= 0.3 is 0 Å². The summed E-state index contributed by atoms with van der Waals surface area (Å²) in [5.74, 6) is -2.59. The highest BCUT2D eigenvalue weighted by Gasteiger charge is 2.80. The quantitative estimate of drug-likeness (QED) is 0.381. The summed E-state index contributed by atoms with van der Waals surface area (Å²) in [4.78, 5) is 27.9. The van der Waals surface area contributed by atoms with Crippen LogP contribution in [0.3, 0.4) is 0 Å². The Labute approximate surface area is 265 Å². The zero-order chi connectivity index (χ0) is 31.9. The van der Waals surface area contributed by atoms with Crippen LogP contribution in [0, 0.1) is 22.7 Å². The first kappa shape index (κ1) is 30.7. The third-order valence-corrected chi connectivity index (χ3v) is 12.4. The van der Waals surface area contributed by atoms with Crippen molar-refractivity contribution in [2.45, 2.75) is 78.8 Å². The summed E-state index contributed by atoms with van der Waals surface area (Å²) >= 11 is 1.60. The van der Waals surface area contributed by atoms with E-state index in [2.05, 4.69) is 5.32 Å². The molecule has 238 valence electrons. The molecule has 2 aromatic carbocycles. The van der Waals surface area contributed by atoms with E-state index in [-0.39, 0.29) is 24.8 Å². The summed E-state index contributed by atoms with van der Waals surface area (Å²) in [5.41, 5.74) is -4.92. The molecule has 0 bridgehead atoms. The van der Waals surface area contributed by atoms with E-state index in [1.54, 1.807) is 25.6 Å². The molecular weight excluding hydrogens is 600 g/mol. The van der Waals surface area contributed by atoms with Gasteiger partial charge in [-0.25, -0.2) is 8.78 Å². The molecule has 3 N–H and O–H groups in total. The summed E-state index contributed by atoms with van der Waals surface area (Å²) in [6.07, 6.45) is -1.37. The number of carbonyl (C=O) groups is 2. The molecule has 1 saturated heterocycles. The number of anilines is 1. The molecule has 0 radical (unpaired) electrons. The normalized spacial score (nSPS) is 41.5. The van der Waals surface area contributed by atoms with Crippen molar-refractivity contribution in [2.24, 2.45) is 22.7 Å². The number of hydrogen-bond donors (Lipinski definition) is 3. The molecule has 2 aromatic rings. The van der Waals surface area contributed by atoms with E-state index in [9.17, 15) is 19.8 Å². The zero-order valence-corrected chi connectivity index (χ0v) is 26.2. The number of Topliss-reactive ketones (excluding diaryl/α,β-unsaturated/α-hetero) is 1. The Kier molecular flexibility index (Phi) is 7.22. The highest BCUT2D eigenvalue weighted by atomic mass is 32.2. The maximum absolute atomic E-state index is 17.6. The van der Waals surface area contributed by atoms with E-state index in [1.165, 1.54) is 12.2 Å². The molecule has 1 aliphatic heterocycles. The van der Waals surface area contributed by atoms with E-state index in [0.717, 1.165) is 21.6 Å². The van der Waals surface area contributed by atoms with Crippen LogP contribution in [-0.2, 0) is 19.1 Å². The number of rotatable bonds is 6. The SMILES string of the molecule is CNc1cccc(Sc2ccc([C@@H]3O[C@@H]4C[C@H]5[C@@H]6C[C@H](F)C7=CC(=O)C=C[C@]7(C)[C@@]6(F)[C@@H](O)C[C@]5(C)[C@]4(C(=O)CO)O3)cc2)c1. The van der Waals surface area contributed by atoms with Crippen LogP contribution < -0.4 is 5.32 Å². The summed E-state index contributed by atoms with van der Waals surface area (Å²) < 4.78 is 46.4. The van der Waals surface area contributed by atoms with Gasteiger partial charge in [-0.3, -0.25) is 9.59 Å². The van der Waals surface area contributed by atoms with Gasteiger partial charge in [-0.15, -0.1) is 0 Å². The lowest BCUT2D eigenvalue weighted by atomic mass is 9.44. The molecule has 0 spiro atoms. The molecule has 4 aliphatic carbocycles.